The second kappa shape index (κ2) is 7.45. The van der Waals surface area contributed by atoms with Crippen molar-refractivity contribution in [1.29, 1.82) is 0 Å². The molecule has 1 N–H and O–H groups in total. The number of benzene rings is 3. The van der Waals surface area contributed by atoms with E-state index in [1.807, 2.05) is 54.6 Å². The van der Waals surface area contributed by atoms with Crippen LogP contribution in [-0.4, -0.2) is 24.4 Å². The van der Waals surface area contributed by atoms with E-state index in [-0.39, 0.29) is 5.56 Å². The Bertz CT molecular complexity index is 897. The van der Waals surface area contributed by atoms with Gasteiger partial charge in [-0.25, -0.2) is 4.79 Å². The molecule has 25 heavy (non-hydrogen) atoms. The maximum atomic E-state index is 11.3. The molecular formula is C21H17NO3. The van der Waals surface area contributed by atoms with Gasteiger partial charge in [0.1, 0.15) is 5.75 Å². The smallest absolute Gasteiger partial charge is 0.336 e. The Kier molecular flexibility index (Phi) is 4.90. The number of aliphatic imine (C=N–C) groups is 1. The topological polar surface area (TPSA) is 58.9 Å². The predicted molar refractivity (Wildman–Crippen MR) is 99.1 cm³/mol. The summed E-state index contributed by atoms with van der Waals surface area (Å²) in [5.74, 6) is -0.129. The number of rotatable bonds is 5. The van der Waals surface area contributed by atoms with Gasteiger partial charge in [-0.05, 0) is 59.2 Å². The van der Waals surface area contributed by atoms with Crippen LogP contribution in [0.25, 0.3) is 11.1 Å². The monoisotopic (exact) mass is 331 g/mol. The van der Waals surface area contributed by atoms with Gasteiger partial charge in [0.15, 0.2) is 0 Å². The standard InChI is InChI=1S/C21H17NO3/c1-25-18-12-6-15(7-13-18)14-22-17-10-8-16(9-11-17)19-4-2-3-5-20(19)21(23)24/h2-14H,1H3,(H,23,24)/b22-14+. The normalized spacial score (nSPS) is 10.8. The van der Waals surface area contributed by atoms with Gasteiger partial charge in [0.05, 0.1) is 18.4 Å². The van der Waals surface area contributed by atoms with Crippen LogP contribution in [0.3, 0.4) is 0 Å². The third kappa shape index (κ3) is 3.93. The van der Waals surface area contributed by atoms with E-state index in [4.69, 9.17) is 4.74 Å². The molecule has 0 bridgehead atoms. The van der Waals surface area contributed by atoms with Crippen molar-refractivity contribution in [2.24, 2.45) is 4.99 Å². The van der Waals surface area contributed by atoms with Gasteiger partial charge >= 0.3 is 5.97 Å². The van der Waals surface area contributed by atoms with Crippen LogP contribution >= 0.6 is 0 Å². The van der Waals surface area contributed by atoms with Crippen molar-refractivity contribution in [2.45, 2.75) is 0 Å². The molecule has 0 saturated heterocycles. The molecule has 0 aromatic heterocycles. The number of nitrogens with zero attached hydrogens (tertiary/aromatic N) is 1. The molecule has 0 atom stereocenters. The highest BCUT2D eigenvalue weighted by Gasteiger charge is 2.10. The molecular weight excluding hydrogens is 314 g/mol. The molecule has 0 aliphatic rings. The van der Waals surface area contributed by atoms with Crippen molar-refractivity contribution >= 4 is 17.9 Å². The van der Waals surface area contributed by atoms with Gasteiger partial charge in [-0.15, -0.1) is 0 Å². The van der Waals surface area contributed by atoms with Gasteiger partial charge in [-0.1, -0.05) is 30.3 Å². The fraction of sp³-hybridized carbons (Fsp3) is 0.0476. The maximum Gasteiger partial charge on any atom is 0.336 e. The minimum absolute atomic E-state index is 0.289. The highest BCUT2D eigenvalue weighted by Crippen LogP contribution is 2.26. The second-order valence-electron chi connectivity index (χ2n) is 5.43. The van der Waals surface area contributed by atoms with Crippen LogP contribution in [-0.2, 0) is 0 Å². The Morgan fingerprint density at radius 1 is 0.960 bits per heavy atom. The van der Waals surface area contributed by atoms with Gasteiger partial charge in [-0.3, -0.25) is 4.99 Å². The third-order valence-corrected chi connectivity index (χ3v) is 3.81. The Labute approximate surface area is 146 Å². The Morgan fingerprint density at radius 2 is 1.64 bits per heavy atom. The molecule has 0 heterocycles. The molecule has 0 fully saturated rings. The average Bonchev–Trinajstić information content (AvgIpc) is 2.67. The van der Waals surface area contributed by atoms with Crippen molar-refractivity contribution in [3.63, 3.8) is 0 Å². The Morgan fingerprint density at radius 3 is 2.28 bits per heavy atom. The first kappa shape index (κ1) is 16.5. The van der Waals surface area contributed by atoms with Crippen LogP contribution < -0.4 is 4.74 Å². The van der Waals surface area contributed by atoms with Crippen LogP contribution in [0.15, 0.2) is 77.8 Å². The summed E-state index contributed by atoms with van der Waals surface area (Å²) in [6.45, 7) is 0. The average molecular weight is 331 g/mol. The quantitative estimate of drug-likeness (QED) is 0.682. The highest BCUT2D eigenvalue weighted by molar-refractivity contribution is 5.96. The van der Waals surface area contributed by atoms with E-state index in [1.54, 1.807) is 31.5 Å². The number of hydrogen-bond acceptors (Lipinski definition) is 3. The second-order valence-corrected chi connectivity index (χ2v) is 5.43. The maximum absolute atomic E-state index is 11.3. The first-order valence-corrected chi connectivity index (χ1v) is 7.78. The summed E-state index contributed by atoms with van der Waals surface area (Å²) in [6.07, 6.45) is 1.78. The molecule has 3 aromatic carbocycles. The van der Waals surface area contributed by atoms with E-state index in [2.05, 4.69) is 4.99 Å². The lowest BCUT2D eigenvalue weighted by molar-refractivity contribution is 0.0697. The van der Waals surface area contributed by atoms with Crippen LogP contribution in [0.1, 0.15) is 15.9 Å². The molecule has 3 aromatic rings. The van der Waals surface area contributed by atoms with Gasteiger partial charge in [0.25, 0.3) is 0 Å². The van der Waals surface area contributed by atoms with Crippen molar-refractivity contribution in [1.82, 2.24) is 0 Å². The van der Waals surface area contributed by atoms with Gasteiger partial charge in [-0.2, -0.15) is 0 Å². The molecule has 0 radical (unpaired) electrons. The zero-order valence-corrected chi connectivity index (χ0v) is 13.7. The number of ether oxygens (including phenoxy) is 1. The molecule has 0 saturated carbocycles. The fourth-order valence-electron chi connectivity index (χ4n) is 2.49. The SMILES string of the molecule is COc1ccc(/C=N/c2ccc(-c3ccccc3C(=O)O)cc2)cc1. The van der Waals surface area contributed by atoms with Gasteiger partial charge in [0, 0.05) is 6.21 Å². The lowest BCUT2D eigenvalue weighted by Crippen LogP contribution is -1.98. The summed E-state index contributed by atoms with van der Waals surface area (Å²) >= 11 is 0. The van der Waals surface area contributed by atoms with E-state index in [1.165, 1.54) is 0 Å². The van der Waals surface area contributed by atoms with Crippen molar-refractivity contribution in [3.8, 4) is 16.9 Å². The van der Waals surface area contributed by atoms with Gasteiger partial charge in [0.2, 0.25) is 0 Å². The molecule has 0 amide bonds. The molecule has 0 aliphatic carbocycles. The minimum atomic E-state index is -0.933. The number of hydrogen-bond donors (Lipinski definition) is 1. The van der Waals surface area contributed by atoms with E-state index >= 15 is 0 Å². The largest absolute Gasteiger partial charge is 0.497 e. The number of carboxylic acids is 1. The molecule has 0 aliphatic heterocycles. The number of carboxylic acid groups (broad SMARTS) is 1. The van der Waals surface area contributed by atoms with Crippen LogP contribution in [0, 0.1) is 0 Å². The van der Waals surface area contributed by atoms with Crippen molar-refractivity contribution in [2.75, 3.05) is 7.11 Å². The number of methoxy groups -OCH3 is 1. The van der Waals surface area contributed by atoms with Crippen molar-refractivity contribution in [3.05, 3.63) is 83.9 Å². The van der Waals surface area contributed by atoms with E-state index < -0.39 is 5.97 Å². The molecule has 0 spiro atoms. The Balaban J connectivity index is 1.80. The first-order valence-electron chi connectivity index (χ1n) is 7.78. The van der Waals surface area contributed by atoms with Crippen LogP contribution in [0.2, 0.25) is 0 Å². The summed E-state index contributed by atoms with van der Waals surface area (Å²) in [4.78, 5) is 15.8. The zero-order chi connectivity index (χ0) is 17.6. The van der Waals surface area contributed by atoms with E-state index in [0.717, 1.165) is 22.6 Å². The lowest BCUT2D eigenvalue weighted by Gasteiger charge is -2.06. The lowest BCUT2D eigenvalue weighted by atomic mass is 9.99. The number of carbonyl (C=O) groups is 1. The molecule has 4 heteroatoms. The molecule has 0 unspecified atom stereocenters. The summed E-state index contributed by atoms with van der Waals surface area (Å²) in [5.41, 5.74) is 3.60. The number of aromatic carboxylic acids is 1. The van der Waals surface area contributed by atoms with E-state index in [0.29, 0.717) is 5.56 Å². The highest BCUT2D eigenvalue weighted by atomic mass is 16.5. The van der Waals surface area contributed by atoms with Crippen molar-refractivity contribution < 1.29 is 14.6 Å². The van der Waals surface area contributed by atoms with E-state index in [9.17, 15) is 9.90 Å². The van der Waals surface area contributed by atoms with Gasteiger partial charge < -0.3 is 9.84 Å². The predicted octanol–water partition coefficient (Wildman–Crippen LogP) is 4.81. The third-order valence-electron chi connectivity index (χ3n) is 3.81. The molecule has 124 valence electrons. The summed E-state index contributed by atoms with van der Waals surface area (Å²) in [7, 11) is 1.63. The van der Waals surface area contributed by atoms with Crippen LogP contribution in [0.4, 0.5) is 5.69 Å². The molecule has 3 rings (SSSR count). The first-order chi connectivity index (χ1) is 12.2. The summed E-state index contributed by atoms with van der Waals surface area (Å²) in [6, 6.07) is 22.1. The Hall–Kier alpha value is -3.40. The summed E-state index contributed by atoms with van der Waals surface area (Å²) < 4.78 is 5.13. The minimum Gasteiger partial charge on any atom is -0.497 e. The van der Waals surface area contributed by atoms with Crippen LogP contribution in [0.5, 0.6) is 5.75 Å². The summed E-state index contributed by atoms with van der Waals surface area (Å²) in [5, 5.41) is 9.30. The molecule has 4 nitrogen and oxygen atoms in total. The fourth-order valence-corrected chi connectivity index (χ4v) is 2.49. The zero-order valence-electron chi connectivity index (χ0n) is 13.7.